The van der Waals surface area contributed by atoms with Crippen molar-refractivity contribution >= 4 is 11.6 Å². The molecule has 2 rings (SSSR count). The lowest BCUT2D eigenvalue weighted by atomic mass is 9.90. The minimum atomic E-state index is -1.33. The second kappa shape index (κ2) is 6.26. The van der Waals surface area contributed by atoms with Crippen molar-refractivity contribution in [1.82, 2.24) is 0 Å². The van der Waals surface area contributed by atoms with Gasteiger partial charge in [0, 0.05) is 11.1 Å². The van der Waals surface area contributed by atoms with Crippen LogP contribution in [-0.2, 0) is 0 Å². The molecule has 0 aliphatic heterocycles. The molecule has 0 aliphatic rings. The molecule has 2 aromatic carbocycles. The average molecular weight is 268 g/mol. The predicted octanol–water partition coefficient (Wildman–Crippen LogP) is 2.75. The zero-order chi connectivity index (χ0) is 14.5. The molecule has 0 amide bonds. The number of rotatable bonds is 5. The van der Waals surface area contributed by atoms with Crippen molar-refractivity contribution < 1.29 is 14.7 Å². The molecule has 0 unspecified atom stereocenters. The van der Waals surface area contributed by atoms with Gasteiger partial charge in [-0.25, -0.2) is 0 Å². The first-order valence-corrected chi connectivity index (χ1v) is 6.48. The molecule has 0 saturated heterocycles. The predicted molar refractivity (Wildman–Crippen MR) is 76.7 cm³/mol. The molecule has 3 nitrogen and oxygen atoms in total. The molecular weight excluding hydrogens is 252 g/mol. The first-order chi connectivity index (χ1) is 9.61. The second-order valence-corrected chi connectivity index (χ2v) is 4.69. The summed E-state index contributed by atoms with van der Waals surface area (Å²) in [6.07, 6.45) is -1.33. The molecule has 0 spiro atoms. The molecule has 0 aromatic heterocycles. The fraction of sp³-hybridized carbons (Fsp3) is 0.176. The molecule has 3 heteroatoms. The van der Waals surface area contributed by atoms with Crippen molar-refractivity contribution in [1.29, 1.82) is 0 Å². The summed E-state index contributed by atoms with van der Waals surface area (Å²) in [4.78, 5) is 24.3. The summed E-state index contributed by atoms with van der Waals surface area (Å²) in [5.74, 6) is -1.44. The van der Waals surface area contributed by atoms with Crippen LogP contribution < -0.4 is 0 Å². The van der Waals surface area contributed by atoms with Crippen LogP contribution in [0, 0.1) is 5.92 Å². The number of ketones is 2. The molecule has 2 aromatic rings. The van der Waals surface area contributed by atoms with Crippen LogP contribution in [0.25, 0.3) is 0 Å². The van der Waals surface area contributed by atoms with Gasteiger partial charge in [-0.05, 0) is 0 Å². The fourth-order valence-corrected chi connectivity index (χ4v) is 2.01. The quantitative estimate of drug-likeness (QED) is 0.848. The van der Waals surface area contributed by atoms with Gasteiger partial charge in [-0.1, -0.05) is 67.6 Å². The Morgan fingerprint density at radius 3 is 1.65 bits per heavy atom. The first kappa shape index (κ1) is 14.2. The second-order valence-electron chi connectivity index (χ2n) is 4.69. The summed E-state index contributed by atoms with van der Waals surface area (Å²) in [6, 6.07) is 17.2. The standard InChI is InChI=1S/C17H16O3/c1-12(15(18)13-8-4-2-5-9-13)16(19)17(20)14-10-6-3-7-11-14/h2-12,16,19H,1H3/t12-,16-/m1/s1. The summed E-state index contributed by atoms with van der Waals surface area (Å²) in [5.41, 5.74) is 0.910. The molecule has 2 atom stereocenters. The topological polar surface area (TPSA) is 54.4 Å². The molecule has 0 fully saturated rings. The highest BCUT2D eigenvalue weighted by Crippen LogP contribution is 2.16. The number of hydrogen-bond acceptors (Lipinski definition) is 3. The summed E-state index contributed by atoms with van der Waals surface area (Å²) < 4.78 is 0. The number of hydrogen-bond donors (Lipinski definition) is 1. The highest BCUT2D eigenvalue weighted by molar-refractivity contribution is 6.05. The van der Waals surface area contributed by atoms with Crippen molar-refractivity contribution in [2.45, 2.75) is 13.0 Å². The largest absolute Gasteiger partial charge is 0.384 e. The van der Waals surface area contributed by atoms with Gasteiger partial charge >= 0.3 is 0 Å². The minimum Gasteiger partial charge on any atom is -0.384 e. The summed E-state index contributed by atoms with van der Waals surface area (Å²) >= 11 is 0. The molecule has 102 valence electrons. The Kier molecular flexibility index (Phi) is 4.43. The van der Waals surface area contributed by atoms with Gasteiger partial charge in [-0.2, -0.15) is 0 Å². The Labute approximate surface area is 117 Å². The van der Waals surface area contributed by atoms with E-state index < -0.39 is 17.8 Å². The number of aliphatic hydroxyl groups is 1. The summed E-state index contributed by atoms with van der Waals surface area (Å²) in [7, 11) is 0. The smallest absolute Gasteiger partial charge is 0.192 e. The van der Waals surface area contributed by atoms with Crippen molar-refractivity contribution in [3.8, 4) is 0 Å². The number of benzene rings is 2. The van der Waals surface area contributed by atoms with E-state index in [1.54, 1.807) is 61.5 Å². The lowest BCUT2D eigenvalue weighted by Crippen LogP contribution is -2.33. The van der Waals surface area contributed by atoms with Crippen LogP contribution in [0.4, 0.5) is 0 Å². The third-order valence-electron chi connectivity index (χ3n) is 3.27. The van der Waals surface area contributed by atoms with E-state index in [9.17, 15) is 14.7 Å². The van der Waals surface area contributed by atoms with Crippen molar-refractivity contribution in [3.05, 3.63) is 71.8 Å². The Balaban J connectivity index is 2.15. The Hall–Kier alpha value is -2.26. The van der Waals surface area contributed by atoms with Gasteiger partial charge in [0.15, 0.2) is 11.6 Å². The lowest BCUT2D eigenvalue weighted by Gasteiger charge is -2.16. The Bertz CT molecular complexity index is 535. The maximum Gasteiger partial charge on any atom is 0.192 e. The SMILES string of the molecule is C[C@H](C(=O)c1ccccc1)[C@@H](O)C(=O)c1ccccc1. The number of Topliss-reactive ketones (excluding diaryl/α,β-unsaturated/α-hetero) is 2. The van der Waals surface area contributed by atoms with Crippen LogP contribution in [0.1, 0.15) is 27.6 Å². The first-order valence-electron chi connectivity index (χ1n) is 6.48. The average Bonchev–Trinajstić information content (AvgIpc) is 2.53. The minimum absolute atomic E-state index is 0.234. The maximum absolute atomic E-state index is 12.2. The van der Waals surface area contributed by atoms with E-state index in [1.807, 2.05) is 6.07 Å². The zero-order valence-corrected chi connectivity index (χ0v) is 11.2. The zero-order valence-electron chi connectivity index (χ0n) is 11.2. The van der Waals surface area contributed by atoms with E-state index >= 15 is 0 Å². The molecule has 0 heterocycles. The number of carbonyl (C=O) groups is 2. The number of aliphatic hydroxyl groups excluding tert-OH is 1. The van der Waals surface area contributed by atoms with E-state index in [-0.39, 0.29) is 5.78 Å². The van der Waals surface area contributed by atoms with E-state index in [0.717, 1.165) is 0 Å². The Morgan fingerprint density at radius 2 is 1.20 bits per heavy atom. The van der Waals surface area contributed by atoms with E-state index in [2.05, 4.69) is 0 Å². The fourth-order valence-electron chi connectivity index (χ4n) is 2.01. The van der Waals surface area contributed by atoms with Gasteiger partial charge in [-0.15, -0.1) is 0 Å². The maximum atomic E-state index is 12.2. The molecule has 0 saturated carbocycles. The molecule has 0 bridgehead atoms. The van der Waals surface area contributed by atoms with E-state index in [1.165, 1.54) is 0 Å². The normalized spacial score (nSPS) is 13.5. The molecule has 20 heavy (non-hydrogen) atoms. The van der Waals surface area contributed by atoms with Gasteiger partial charge in [0.2, 0.25) is 0 Å². The molecule has 0 aliphatic carbocycles. The van der Waals surface area contributed by atoms with Crippen molar-refractivity contribution in [2.24, 2.45) is 5.92 Å². The van der Waals surface area contributed by atoms with Crippen LogP contribution in [0.3, 0.4) is 0 Å². The third kappa shape index (κ3) is 3.00. The van der Waals surface area contributed by atoms with Gasteiger partial charge in [-0.3, -0.25) is 9.59 Å². The van der Waals surface area contributed by atoms with Gasteiger partial charge in [0.1, 0.15) is 6.10 Å². The Morgan fingerprint density at radius 1 is 0.800 bits per heavy atom. The van der Waals surface area contributed by atoms with Crippen LogP contribution in [0.2, 0.25) is 0 Å². The van der Waals surface area contributed by atoms with Gasteiger partial charge in [0.05, 0.1) is 5.92 Å². The van der Waals surface area contributed by atoms with Crippen molar-refractivity contribution in [2.75, 3.05) is 0 Å². The van der Waals surface area contributed by atoms with Gasteiger partial charge < -0.3 is 5.11 Å². The van der Waals surface area contributed by atoms with Gasteiger partial charge in [0.25, 0.3) is 0 Å². The van der Waals surface area contributed by atoms with E-state index in [0.29, 0.717) is 11.1 Å². The van der Waals surface area contributed by atoms with Crippen molar-refractivity contribution in [3.63, 3.8) is 0 Å². The van der Waals surface area contributed by atoms with Crippen LogP contribution in [0.15, 0.2) is 60.7 Å². The summed E-state index contributed by atoms with van der Waals surface area (Å²) in [5, 5.41) is 10.1. The van der Waals surface area contributed by atoms with E-state index in [4.69, 9.17) is 0 Å². The van der Waals surface area contributed by atoms with Crippen LogP contribution in [-0.4, -0.2) is 22.8 Å². The third-order valence-corrected chi connectivity index (χ3v) is 3.27. The van der Waals surface area contributed by atoms with Crippen LogP contribution in [0.5, 0.6) is 0 Å². The van der Waals surface area contributed by atoms with Crippen LogP contribution >= 0.6 is 0 Å². The molecular formula is C17H16O3. The lowest BCUT2D eigenvalue weighted by molar-refractivity contribution is 0.0560. The number of carbonyl (C=O) groups excluding carboxylic acids is 2. The molecule has 1 N–H and O–H groups in total. The molecule has 0 radical (unpaired) electrons. The monoisotopic (exact) mass is 268 g/mol. The highest BCUT2D eigenvalue weighted by Gasteiger charge is 2.29. The summed E-state index contributed by atoms with van der Waals surface area (Å²) in [6.45, 7) is 1.57. The highest BCUT2D eigenvalue weighted by atomic mass is 16.3.